The van der Waals surface area contributed by atoms with Gasteiger partial charge in [0.2, 0.25) is 5.91 Å². The number of carbonyl (C=O) groups is 1. The van der Waals surface area contributed by atoms with Crippen molar-refractivity contribution in [2.75, 3.05) is 6.54 Å². The number of amides is 1. The maximum absolute atomic E-state index is 12.0. The molecule has 1 heterocycles. The molecule has 2 aromatic carbocycles. The molecular formula is C18H17ClN2O. The third kappa shape index (κ3) is 3.68. The number of rotatable bonds is 5. The summed E-state index contributed by atoms with van der Waals surface area (Å²) in [6.07, 6.45) is 3.11. The Morgan fingerprint density at radius 3 is 2.64 bits per heavy atom. The van der Waals surface area contributed by atoms with Gasteiger partial charge in [0.15, 0.2) is 0 Å². The fraction of sp³-hybridized carbons (Fsp3) is 0.167. The zero-order valence-electron chi connectivity index (χ0n) is 12.1. The van der Waals surface area contributed by atoms with Gasteiger partial charge in [-0.1, -0.05) is 35.9 Å². The lowest BCUT2D eigenvalue weighted by molar-refractivity contribution is -0.120. The highest BCUT2D eigenvalue weighted by atomic mass is 35.5. The molecule has 1 aromatic heterocycles. The van der Waals surface area contributed by atoms with Gasteiger partial charge in [0.05, 0.1) is 6.42 Å². The largest absolute Gasteiger partial charge is 0.361 e. The van der Waals surface area contributed by atoms with E-state index in [9.17, 15) is 4.79 Å². The minimum absolute atomic E-state index is 0.0415. The number of aromatic nitrogens is 1. The average molecular weight is 313 g/mol. The van der Waals surface area contributed by atoms with Gasteiger partial charge in [-0.3, -0.25) is 4.79 Å². The van der Waals surface area contributed by atoms with Crippen LogP contribution in [0.25, 0.3) is 10.9 Å². The van der Waals surface area contributed by atoms with E-state index in [0.717, 1.165) is 33.5 Å². The van der Waals surface area contributed by atoms with Gasteiger partial charge in [-0.15, -0.1) is 0 Å². The minimum Gasteiger partial charge on any atom is -0.361 e. The van der Waals surface area contributed by atoms with E-state index in [1.165, 1.54) is 0 Å². The molecule has 3 aromatic rings. The molecule has 0 unspecified atom stereocenters. The molecule has 3 rings (SSSR count). The number of fused-ring (bicyclic) bond motifs is 1. The second-order valence-corrected chi connectivity index (χ2v) is 5.74. The third-order valence-corrected chi connectivity index (χ3v) is 3.89. The maximum atomic E-state index is 12.0. The third-order valence-electron chi connectivity index (χ3n) is 3.63. The molecule has 0 aliphatic carbocycles. The van der Waals surface area contributed by atoms with E-state index < -0.39 is 0 Å². The number of H-pyrrole nitrogens is 1. The number of nitrogens with one attached hydrogen (secondary N) is 2. The van der Waals surface area contributed by atoms with E-state index in [1.807, 2.05) is 54.7 Å². The van der Waals surface area contributed by atoms with Gasteiger partial charge < -0.3 is 10.3 Å². The summed E-state index contributed by atoms with van der Waals surface area (Å²) in [6.45, 7) is 0.630. The molecule has 2 N–H and O–H groups in total. The van der Waals surface area contributed by atoms with Crippen LogP contribution in [0.1, 0.15) is 11.1 Å². The van der Waals surface area contributed by atoms with Crippen molar-refractivity contribution >= 4 is 28.4 Å². The SMILES string of the molecule is O=C(Cc1ccc2cc[nH]c2c1)NCCc1ccc(Cl)cc1. The number of hydrogen-bond donors (Lipinski definition) is 2. The van der Waals surface area contributed by atoms with Gasteiger partial charge in [0, 0.05) is 23.3 Å². The van der Waals surface area contributed by atoms with Crippen molar-refractivity contribution in [2.24, 2.45) is 0 Å². The molecule has 3 nitrogen and oxygen atoms in total. The molecule has 1 amide bonds. The van der Waals surface area contributed by atoms with Crippen LogP contribution in [0.3, 0.4) is 0 Å². The zero-order chi connectivity index (χ0) is 15.4. The maximum Gasteiger partial charge on any atom is 0.224 e. The first kappa shape index (κ1) is 14.7. The number of aromatic amines is 1. The summed E-state index contributed by atoms with van der Waals surface area (Å²) in [5, 5.41) is 4.84. The molecule has 0 saturated carbocycles. The summed E-state index contributed by atoms with van der Waals surface area (Å²) in [4.78, 5) is 15.1. The lowest BCUT2D eigenvalue weighted by atomic mass is 10.1. The Balaban J connectivity index is 1.50. The van der Waals surface area contributed by atoms with Crippen LogP contribution < -0.4 is 5.32 Å². The first-order valence-electron chi connectivity index (χ1n) is 7.28. The van der Waals surface area contributed by atoms with Crippen LogP contribution in [-0.4, -0.2) is 17.4 Å². The predicted octanol–water partition coefficient (Wildman–Crippen LogP) is 3.72. The van der Waals surface area contributed by atoms with Gasteiger partial charge in [0.1, 0.15) is 0 Å². The molecular weight excluding hydrogens is 296 g/mol. The minimum atomic E-state index is 0.0415. The molecule has 0 radical (unpaired) electrons. The van der Waals surface area contributed by atoms with Crippen molar-refractivity contribution in [1.82, 2.24) is 10.3 Å². The van der Waals surface area contributed by atoms with Crippen LogP contribution in [0, 0.1) is 0 Å². The van der Waals surface area contributed by atoms with Gasteiger partial charge >= 0.3 is 0 Å². The van der Waals surface area contributed by atoms with Crippen molar-refractivity contribution in [3.8, 4) is 0 Å². The van der Waals surface area contributed by atoms with Crippen molar-refractivity contribution in [3.63, 3.8) is 0 Å². The molecule has 4 heteroatoms. The number of benzene rings is 2. The first-order chi connectivity index (χ1) is 10.7. The van der Waals surface area contributed by atoms with E-state index >= 15 is 0 Å². The van der Waals surface area contributed by atoms with Crippen molar-refractivity contribution in [3.05, 3.63) is 70.9 Å². The highest BCUT2D eigenvalue weighted by molar-refractivity contribution is 6.30. The molecule has 0 bridgehead atoms. The van der Waals surface area contributed by atoms with E-state index in [-0.39, 0.29) is 5.91 Å². The summed E-state index contributed by atoms with van der Waals surface area (Å²) in [5.41, 5.74) is 3.24. The van der Waals surface area contributed by atoms with Crippen LogP contribution in [0.15, 0.2) is 54.7 Å². The van der Waals surface area contributed by atoms with E-state index in [1.54, 1.807) is 0 Å². The average Bonchev–Trinajstić information content (AvgIpc) is 2.97. The van der Waals surface area contributed by atoms with E-state index in [4.69, 9.17) is 11.6 Å². The van der Waals surface area contributed by atoms with Crippen molar-refractivity contribution in [2.45, 2.75) is 12.8 Å². The molecule has 0 aliphatic rings. The summed E-state index contributed by atoms with van der Waals surface area (Å²) in [6, 6.07) is 15.8. The smallest absolute Gasteiger partial charge is 0.224 e. The Morgan fingerprint density at radius 1 is 1.05 bits per heavy atom. The highest BCUT2D eigenvalue weighted by Gasteiger charge is 2.04. The van der Waals surface area contributed by atoms with E-state index in [0.29, 0.717) is 13.0 Å². The fourth-order valence-corrected chi connectivity index (χ4v) is 2.58. The molecule has 0 saturated heterocycles. The van der Waals surface area contributed by atoms with E-state index in [2.05, 4.69) is 10.3 Å². The summed E-state index contributed by atoms with van der Waals surface area (Å²) in [7, 11) is 0. The molecule has 112 valence electrons. The fourth-order valence-electron chi connectivity index (χ4n) is 2.45. The van der Waals surface area contributed by atoms with Crippen LogP contribution >= 0.6 is 11.6 Å². The second-order valence-electron chi connectivity index (χ2n) is 5.30. The normalized spacial score (nSPS) is 10.8. The zero-order valence-corrected chi connectivity index (χ0v) is 12.9. The summed E-state index contributed by atoms with van der Waals surface area (Å²) in [5.74, 6) is 0.0415. The Kier molecular flexibility index (Phi) is 4.45. The Labute approximate surface area is 134 Å². The standard InChI is InChI=1S/C18H17ClN2O/c19-16-5-2-13(3-6-16)7-9-21-18(22)12-14-1-4-15-8-10-20-17(15)11-14/h1-6,8,10-11,20H,7,9,12H2,(H,21,22). The topological polar surface area (TPSA) is 44.9 Å². The van der Waals surface area contributed by atoms with Gasteiger partial charge in [0.25, 0.3) is 0 Å². The molecule has 0 atom stereocenters. The monoisotopic (exact) mass is 312 g/mol. The second kappa shape index (κ2) is 6.67. The van der Waals surface area contributed by atoms with Crippen LogP contribution in [0.2, 0.25) is 5.02 Å². The number of carbonyl (C=O) groups excluding carboxylic acids is 1. The number of halogens is 1. The van der Waals surface area contributed by atoms with Gasteiger partial charge in [-0.05, 0) is 47.2 Å². The summed E-state index contributed by atoms with van der Waals surface area (Å²) >= 11 is 5.85. The van der Waals surface area contributed by atoms with Crippen molar-refractivity contribution < 1.29 is 4.79 Å². The lowest BCUT2D eigenvalue weighted by Gasteiger charge is -2.06. The van der Waals surface area contributed by atoms with Crippen molar-refractivity contribution in [1.29, 1.82) is 0 Å². The molecule has 0 spiro atoms. The Morgan fingerprint density at radius 2 is 1.82 bits per heavy atom. The Hall–Kier alpha value is -2.26. The molecule has 0 aliphatic heterocycles. The molecule has 0 fully saturated rings. The van der Waals surface area contributed by atoms with Gasteiger partial charge in [-0.2, -0.15) is 0 Å². The Bertz CT molecular complexity index is 777. The predicted molar refractivity (Wildman–Crippen MR) is 90.2 cm³/mol. The lowest BCUT2D eigenvalue weighted by Crippen LogP contribution is -2.27. The van der Waals surface area contributed by atoms with Crippen LogP contribution in [-0.2, 0) is 17.6 Å². The van der Waals surface area contributed by atoms with Crippen LogP contribution in [0.5, 0.6) is 0 Å². The number of hydrogen-bond acceptors (Lipinski definition) is 1. The quantitative estimate of drug-likeness (QED) is 0.741. The first-order valence-corrected chi connectivity index (χ1v) is 7.66. The summed E-state index contributed by atoms with van der Waals surface area (Å²) < 4.78 is 0. The van der Waals surface area contributed by atoms with Gasteiger partial charge in [-0.25, -0.2) is 0 Å². The highest BCUT2D eigenvalue weighted by Crippen LogP contribution is 2.14. The van der Waals surface area contributed by atoms with Crippen LogP contribution in [0.4, 0.5) is 0 Å². The molecule has 22 heavy (non-hydrogen) atoms.